The van der Waals surface area contributed by atoms with Gasteiger partial charge in [-0.15, -0.1) is 0 Å². The fourth-order valence-corrected chi connectivity index (χ4v) is 8.16. The molecule has 0 saturated carbocycles. The highest BCUT2D eigenvalue weighted by Gasteiger charge is 2.08. The molecule has 4 aromatic rings. The second-order valence-corrected chi connectivity index (χ2v) is 16.4. The van der Waals surface area contributed by atoms with Gasteiger partial charge in [-0.25, -0.2) is 0 Å². The number of rotatable bonds is 29. The van der Waals surface area contributed by atoms with Gasteiger partial charge >= 0.3 is 0 Å². The van der Waals surface area contributed by atoms with Crippen LogP contribution in [0.2, 0.25) is 0 Å². The Bertz CT molecular complexity index is 1430. The molecular formula is C52H76N2. The maximum Gasteiger partial charge on any atom is 0.0314 e. The minimum absolute atomic E-state index is 0.842. The largest absolute Gasteiger partial charge is 0.399 e. The summed E-state index contributed by atoms with van der Waals surface area (Å²) >= 11 is 0. The van der Waals surface area contributed by atoms with Gasteiger partial charge in [0.15, 0.2) is 0 Å². The molecular weight excluding hydrogens is 653 g/mol. The van der Waals surface area contributed by atoms with Gasteiger partial charge in [-0.3, -0.25) is 0 Å². The number of aryl methyl sites for hydroxylation is 4. The first-order valence-electron chi connectivity index (χ1n) is 22.4. The van der Waals surface area contributed by atoms with Gasteiger partial charge in [0, 0.05) is 11.4 Å². The highest BCUT2D eigenvalue weighted by molar-refractivity contribution is 5.43. The molecule has 0 aromatic heterocycles. The summed E-state index contributed by atoms with van der Waals surface area (Å²) in [5.74, 6) is 0. The van der Waals surface area contributed by atoms with E-state index in [0.717, 1.165) is 24.2 Å². The lowest BCUT2D eigenvalue weighted by molar-refractivity contribution is 0.565. The Kier molecular flexibility index (Phi) is 21.1. The molecule has 4 N–H and O–H groups in total. The number of anilines is 2. The number of hydrogen-bond acceptors (Lipinski definition) is 2. The summed E-state index contributed by atoms with van der Waals surface area (Å²) in [5.41, 5.74) is 25.5. The number of benzene rings is 4. The smallest absolute Gasteiger partial charge is 0.0314 e. The maximum atomic E-state index is 5.94. The minimum Gasteiger partial charge on any atom is -0.399 e. The zero-order chi connectivity index (χ0) is 38.1. The minimum atomic E-state index is 0.842. The quantitative estimate of drug-likeness (QED) is 0.0432. The third-order valence-electron chi connectivity index (χ3n) is 11.6. The maximum absolute atomic E-state index is 5.94. The van der Waals surface area contributed by atoms with Crippen LogP contribution in [0.15, 0.2) is 84.9 Å². The first kappa shape index (κ1) is 43.2. The van der Waals surface area contributed by atoms with Gasteiger partial charge in [0.25, 0.3) is 0 Å². The second kappa shape index (κ2) is 26.3. The van der Waals surface area contributed by atoms with E-state index in [4.69, 9.17) is 11.5 Å². The summed E-state index contributed by atoms with van der Waals surface area (Å²) in [5, 5.41) is 0. The van der Waals surface area contributed by atoms with Gasteiger partial charge < -0.3 is 11.5 Å². The van der Waals surface area contributed by atoms with Gasteiger partial charge in [-0.2, -0.15) is 0 Å². The summed E-state index contributed by atoms with van der Waals surface area (Å²) in [6, 6.07) is 31.5. The number of unbranched alkanes of at least 4 members (excludes halogenated alkanes) is 17. The molecule has 0 fully saturated rings. The lowest BCUT2D eigenvalue weighted by Crippen LogP contribution is -1.99. The summed E-state index contributed by atoms with van der Waals surface area (Å²) in [7, 11) is 0. The van der Waals surface area contributed by atoms with Crippen LogP contribution in [0.3, 0.4) is 0 Å². The van der Waals surface area contributed by atoms with E-state index < -0.39 is 0 Å². The zero-order valence-corrected chi connectivity index (χ0v) is 34.6. The molecule has 0 radical (unpaired) electrons. The van der Waals surface area contributed by atoms with Gasteiger partial charge in [-0.05, 0) is 133 Å². The highest BCUT2D eigenvalue weighted by Crippen LogP contribution is 2.24. The van der Waals surface area contributed by atoms with Gasteiger partial charge in [0.05, 0.1) is 0 Å². The Morgan fingerprint density at radius 3 is 0.907 bits per heavy atom. The predicted octanol–water partition coefficient (Wildman–Crippen LogP) is 14.7. The summed E-state index contributed by atoms with van der Waals surface area (Å²) in [6.07, 6.45) is 34.0. The van der Waals surface area contributed by atoms with Crippen LogP contribution >= 0.6 is 0 Å². The monoisotopic (exact) mass is 729 g/mol. The summed E-state index contributed by atoms with van der Waals surface area (Å²) in [6.45, 7) is 4.61. The van der Waals surface area contributed by atoms with Crippen LogP contribution in [0.5, 0.6) is 0 Å². The molecule has 0 unspecified atom stereocenters. The third-order valence-corrected chi connectivity index (χ3v) is 11.6. The summed E-state index contributed by atoms with van der Waals surface area (Å²) in [4.78, 5) is 0. The topological polar surface area (TPSA) is 52.0 Å². The van der Waals surface area contributed by atoms with E-state index >= 15 is 0 Å². The van der Waals surface area contributed by atoms with E-state index in [1.807, 2.05) is 24.3 Å². The molecule has 0 aliphatic rings. The van der Waals surface area contributed by atoms with Crippen molar-refractivity contribution in [1.82, 2.24) is 0 Å². The highest BCUT2D eigenvalue weighted by atomic mass is 14.5. The van der Waals surface area contributed by atoms with Crippen molar-refractivity contribution in [2.24, 2.45) is 0 Å². The van der Waals surface area contributed by atoms with Crippen molar-refractivity contribution < 1.29 is 0 Å². The molecule has 0 spiro atoms. The second-order valence-electron chi connectivity index (χ2n) is 16.4. The standard InChI is InChI=1S/C52H76N2/c1-3-5-7-9-15-21-25-49-41-45(39-43-29-35-51(53)36-30-43)27-33-47(49)23-19-17-13-11-12-14-18-20-24-48-34-28-46(40-44-31-37-52(54)38-32-44)42-50(48)26-22-16-10-8-6-4-2/h27-38,41-42H,3-26,39-40,53-54H2,1-2H3. The van der Waals surface area contributed by atoms with E-state index in [-0.39, 0.29) is 0 Å². The van der Waals surface area contributed by atoms with Crippen molar-refractivity contribution in [3.05, 3.63) is 129 Å². The fourth-order valence-electron chi connectivity index (χ4n) is 8.16. The first-order valence-corrected chi connectivity index (χ1v) is 22.4. The Balaban J connectivity index is 1.16. The Morgan fingerprint density at radius 1 is 0.296 bits per heavy atom. The molecule has 4 aromatic carbocycles. The molecule has 54 heavy (non-hydrogen) atoms. The normalized spacial score (nSPS) is 11.4. The van der Waals surface area contributed by atoms with Crippen molar-refractivity contribution in [2.45, 2.75) is 181 Å². The van der Waals surface area contributed by atoms with Crippen LogP contribution in [0.25, 0.3) is 0 Å². The van der Waals surface area contributed by atoms with E-state index in [1.54, 1.807) is 22.3 Å². The predicted molar refractivity (Wildman–Crippen MR) is 239 cm³/mol. The fraction of sp³-hybridized carbons (Fsp3) is 0.538. The molecule has 0 heterocycles. The Labute approximate surface area is 332 Å². The van der Waals surface area contributed by atoms with Crippen LogP contribution in [0.1, 0.15) is 187 Å². The van der Waals surface area contributed by atoms with E-state index in [1.165, 1.54) is 176 Å². The Hall–Kier alpha value is -3.52. The zero-order valence-electron chi connectivity index (χ0n) is 34.6. The van der Waals surface area contributed by atoms with Crippen molar-refractivity contribution in [3.63, 3.8) is 0 Å². The van der Waals surface area contributed by atoms with Gasteiger partial charge in [-0.1, -0.05) is 177 Å². The molecule has 0 amide bonds. The number of nitrogens with two attached hydrogens (primary N) is 2. The van der Waals surface area contributed by atoms with Crippen LogP contribution < -0.4 is 11.5 Å². The average Bonchev–Trinajstić information content (AvgIpc) is 3.18. The SMILES string of the molecule is CCCCCCCCc1cc(Cc2ccc(N)cc2)ccc1CCCCCCCCCCc1ccc(Cc2ccc(N)cc2)cc1CCCCCCCC. The molecule has 4 rings (SSSR count). The van der Waals surface area contributed by atoms with E-state index in [9.17, 15) is 0 Å². The molecule has 0 atom stereocenters. The van der Waals surface area contributed by atoms with Crippen molar-refractivity contribution in [3.8, 4) is 0 Å². The van der Waals surface area contributed by atoms with Crippen LogP contribution in [-0.4, -0.2) is 0 Å². The van der Waals surface area contributed by atoms with E-state index in [0.29, 0.717) is 0 Å². The van der Waals surface area contributed by atoms with Crippen LogP contribution in [0, 0.1) is 0 Å². The molecule has 0 aliphatic heterocycles. The van der Waals surface area contributed by atoms with Crippen LogP contribution in [0.4, 0.5) is 11.4 Å². The molecule has 0 bridgehead atoms. The first-order chi connectivity index (χ1) is 26.5. The van der Waals surface area contributed by atoms with E-state index in [2.05, 4.69) is 74.5 Å². The van der Waals surface area contributed by atoms with Gasteiger partial charge in [0.2, 0.25) is 0 Å². The lowest BCUT2D eigenvalue weighted by Gasteiger charge is -2.13. The van der Waals surface area contributed by atoms with Gasteiger partial charge in [0.1, 0.15) is 0 Å². The molecule has 2 heteroatoms. The third kappa shape index (κ3) is 17.3. The molecule has 0 aliphatic carbocycles. The van der Waals surface area contributed by atoms with Crippen molar-refractivity contribution in [2.75, 3.05) is 11.5 Å². The number of hydrogen-bond donors (Lipinski definition) is 2. The van der Waals surface area contributed by atoms with Crippen molar-refractivity contribution >= 4 is 11.4 Å². The summed E-state index contributed by atoms with van der Waals surface area (Å²) < 4.78 is 0. The Morgan fingerprint density at radius 2 is 0.574 bits per heavy atom. The van der Waals surface area contributed by atoms with Crippen LogP contribution in [-0.2, 0) is 38.5 Å². The van der Waals surface area contributed by atoms with Crippen molar-refractivity contribution in [1.29, 1.82) is 0 Å². The number of nitrogen functional groups attached to an aromatic ring is 2. The molecule has 2 nitrogen and oxygen atoms in total. The lowest BCUT2D eigenvalue weighted by atomic mass is 9.92. The molecule has 294 valence electrons. The average molecular weight is 729 g/mol. The molecule has 0 saturated heterocycles.